The van der Waals surface area contributed by atoms with E-state index >= 15 is 0 Å². The second kappa shape index (κ2) is 7.15. The number of rotatable bonds is 6. The highest BCUT2D eigenvalue weighted by Gasteiger charge is 1.99. The highest BCUT2D eigenvalue weighted by atomic mass is 79.9. The monoisotopic (exact) mass is 331 g/mol. The SMILES string of the molecule is C=CCOc1ccc(CNc2ccc(Br)cc2C)cc1. The van der Waals surface area contributed by atoms with Gasteiger partial charge in [-0.15, -0.1) is 0 Å². The van der Waals surface area contributed by atoms with Gasteiger partial charge in [0.2, 0.25) is 0 Å². The molecular weight excluding hydrogens is 314 g/mol. The van der Waals surface area contributed by atoms with E-state index in [1.807, 2.05) is 18.2 Å². The van der Waals surface area contributed by atoms with Crippen LogP contribution in [0.3, 0.4) is 0 Å². The molecule has 20 heavy (non-hydrogen) atoms. The van der Waals surface area contributed by atoms with Crippen molar-refractivity contribution in [1.29, 1.82) is 0 Å². The number of hydrogen-bond acceptors (Lipinski definition) is 2. The lowest BCUT2D eigenvalue weighted by Gasteiger charge is -2.10. The highest BCUT2D eigenvalue weighted by Crippen LogP contribution is 2.21. The molecule has 0 unspecified atom stereocenters. The average Bonchev–Trinajstić information content (AvgIpc) is 2.45. The van der Waals surface area contributed by atoms with E-state index in [-0.39, 0.29) is 0 Å². The molecule has 0 amide bonds. The number of hydrogen-bond donors (Lipinski definition) is 1. The predicted octanol–water partition coefficient (Wildman–Crippen LogP) is 4.93. The van der Waals surface area contributed by atoms with Crippen molar-refractivity contribution in [3.63, 3.8) is 0 Å². The Morgan fingerprint density at radius 1 is 1.20 bits per heavy atom. The molecule has 0 heterocycles. The van der Waals surface area contributed by atoms with Crippen LogP contribution in [0, 0.1) is 6.92 Å². The van der Waals surface area contributed by atoms with Crippen LogP contribution >= 0.6 is 15.9 Å². The summed E-state index contributed by atoms with van der Waals surface area (Å²) in [7, 11) is 0. The van der Waals surface area contributed by atoms with Crippen LogP contribution in [-0.4, -0.2) is 6.61 Å². The molecule has 0 fully saturated rings. The minimum atomic E-state index is 0.537. The van der Waals surface area contributed by atoms with Crippen molar-refractivity contribution in [2.24, 2.45) is 0 Å². The van der Waals surface area contributed by atoms with Crippen molar-refractivity contribution in [2.75, 3.05) is 11.9 Å². The van der Waals surface area contributed by atoms with Gasteiger partial charge in [0.15, 0.2) is 0 Å². The molecule has 0 saturated carbocycles. The highest BCUT2D eigenvalue weighted by molar-refractivity contribution is 9.10. The first-order valence-corrected chi connectivity index (χ1v) is 7.31. The molecule has 3 heteroatoms. The van der Waals surface area contributed by atoms with Crippen LogP contribution in [0.4, 0.5) is 5.69 Å². The zero-order valence-electron chi connectivity index (χ0n) is 11.5. The van der Waals surface area contributed by atoms with Gasteiger partial charge in [0.05, 0.1) is 0 Å². The standard InChI is InChI=1S/C17H18BrNO/c1-3-10-20-16-7-4-14(5-8-16)12-19-17-9-6-15(18)11-13(17)2/h3-9,11,19H,1,10,12H2,2H3. The lowest BCUT2D eigenvalue weighted by atomic mass is 10.1. The smallest absolute Gasteiger partial charge is 0.119 e. The van der Waals surface area contributed by atoms with Gasteiger partial charge in [-0.3, -0.25) is 0 Å². The van der Waals surface area contributed by atoms with E-state index in [1.165, 1.54) is 11.1 Å². The van der Waals surface area contributed by atoms with Crippen molar-refractivity contribution >= 4 is 21.6 Å². The van der Waals surface area contributed by atoms with Crippen LogP contribution in [0.25, 0.3) is 0 Å². The van der Waals surface area contributed by atoms with E-state index in [0.29, 0.717) is 6.61 Å². The van der Waals surface area contributed by atoms with E-state index in [4.69, 9.17) is 4.74 Å². The van der Waals surface area contributed by atoms with Gasteiger partial charge in [-0.05, 0) is 48.4 Å². The molecule has 2 nitrogen and oxygen atoms in total. The first kappa shape index (κ1) is 14.7. The summed E-state index contributed by atoms with van der Waals surface area (Å²) in [6, 6.07) is 14.3. The summed E-state index contributed by atoms with van der Waals surface area (Å²) in [4.78, 5) is 0. The molecule has 0 atom stereocenters. The van der Waals surface area contributed by atoms with E-state index in [0.717, 1.165) is 22.5 Å². The summed E-state index contributed by atoms with van der Waals surface area (Å²) in [5.41, 5.74) is 3.60. The zero-order valence-corrected chi connectivity index (χ0v) is 13.1. The van der Waals surface area contributed by atoms with Crippen molar-refractivity contribution < 1.29 is 4.74 Å². The van der Waals surface area contributed by atoms with Crippen LogP contribution in [0.15, 0.2) is 59.6 Å². The van der Waals surface area contributed by atoms with Gasteiger partial charge in [-0.25, -0.2) is 0 Å². The summed E-state index contributed by atoms with van der Waals surface area (Å²) in [5, 5.41) is 3.44. The van der Waals surface area contributed by atoms with Crippen LogP contribution in [0.5, 0.6) is 5.75 Å². The third-order valence-electron chi connectivity index (χ3n) is 2.96. The van der Waals surface area contributed by atoms with E-state index in [9.17, 15) is 0 Å². The Kier molecular flexibility index (Phi) is 5.24. The molecule has 0 aliphatic heterocycles. The van der Waals surface area contributed by atoms with E-state index < -0.39 is 0 Å². The summed E-state index contributed by atoms with van der Waals surface area (Å²) in [6.45, 7) is 7.06. The molecule has 0 bridgehead atoms. The first-order chi connectivity index (χ1) is 9.69. The number of nitrogens with one attached hydrogen (secondary N) is 1. The van der Waals surface area contributed by atoms with Crippen LogP contribution in [0.1, 0.15) is 11.1 Å². The summed E-state index contributed by atoms with van der Waals surface area (Å²) in [6.07, 6.45) is 1.74. The molecule has 0 radical (unpaired) electrons. The van der Waals surface area contributed by atoms with E-state index in [1.54, 1.807) is 6.08 Å². The number of aryl methyl sites for hydroxylation is 1. The molecule has 0 aliphatic rings. The fourth-order valence-electron chi connectivity index (χ4n) is 1.88. The van der Waals surface area contributed by atoms with Gasteiger partial charge in [0, 0.05) is 16.7 Å². The fourth-order valence-corrected chi connectivity index (χ4v) is 2.36. The number of anilines is 1. The summed E-state index contributed by atoms with van der Waals surface area (Å²) < 4.78 is 6.56. The topological polar surface area (TPSA) is 21.3 Å². The van der Waals surface area contributed by atoms with E-state index in [2.05, 4.69) is 59.0 Å². The van der Waals surface area contributed by atoms with Crippen molar-refractivity contribution in [3.8, 4) is 5.75 Å². The zero-order chi connectivity index (χ0) is 14.4. The number of benzene rings is 2. The second-order valence-electron chi connectivity index (χ2n) is 4.56. The van der Waals surface area contributed by atoms with Gasteiger partial charge in [0.25, 0.3) is 0 Å². The van der Waals surface area contributed by atoms with Crippen LogP contribution in [-0.2, 0) is 6.54 Å². The van der Waals surface area contributed by atoms with Gasteiger partial charge >= 0.3 is 0 Å². The van der Waals surface area contributed by atoms with Crippen molar-refractivity contribution in [2.45, 2.75) is 13.5 Å². The molecule has 1 N–H and O–H groups in total. The third kappa shape index (κ3) is 4.14. The lowest BCUT2D eigenvalue weighted by Crippen LogP contribution is -2.01. The predicted molar refractivity (Wildman–Crippen MR) is 88.3 cm³/mol. The molecule has 104 valence electrons. The normalized spacial score (nSPS) is 10.1. The molecule has 2 aromatic carbocycles. The largest absolute Gasteiger partial charge is 0.490 e. The van der Waals surface area contributed by atoms with Crippen molar-refractivity contribution in [1.82, 2.24) is 0 Å². The molecule has 0 aliphatic carbocycles. The molecule has 2 rings (SSSR count). The average molecular weight is 332 g/mol. The minimum Gasteiger partial charge on any atom is -0.490 e. The molecular formula is C17H18BrNO. The molecule has 2 aromatic rings. The molecule has 0 saturated heterocycles. The Bertz CT molecular complexity index is 578. The molecule has 0 spiro atoms. The van der Waals surface area contributed by atoms with Crippen molar-refractivity contribution in [3.05, 3.63) is 70.7 Å². The maximum absolute atomic E-state index is 5.46. The number of ether oxygens (including phenoxy) is 1. The fraction of sp³-hybridized carbons (Fsp3) is 0.176. The van der Waals surface area contributed by atoms with Crippen LogP contribution < -0.4 is 10.1 Å². The maximum Gasteiger partial charge on any atom is 0.119 e. The summed E-state index contributed by atoms with van der Waals surface area (Å²) >= 11 is 3.47. The summed E-state index contributed by atoms with van der Waals surface area (Å²) in [5.74, 6) is 0.869. The Morgan fingerprint density at radius 2 is 1.95 bits per heavy atom. The van der Waals surface area contributed by atoms with Gasteiger partial charge < -0.3 is 10.1 Å². The van der Waals surface area contributed by atoms with Crippen LogP contribution in [0.2, 0.25) is 0 Å². The van der Waals surface area contributed by atoms with Gasteiger partial charge in [-0.2, -0.15) is 0 Å². The lowest BCUT2D eigenvalue weighted by molar-refractivity contribution is 0.363. The molecule has 0 aromatic heterocycles. The van der Waals surface area contributed by atoms with Gasteiger partial charge in [0.1, 0.15) is 12.4 Å². The minimum absolute atomic E-state index is 0.537. The Balaban J connectivity index is 1.95. The Morgan fingerprint density at radius 3 is 2.60 bits per heavy atom. The quantitative estimate of drug-likeness (QED) is 0.757. The maximum atomic E-state index is 5.46. The van der Waals surface area contributed by atoms with Gasteiger partial charge in [-0.1, -0.05) is 40.7 Å². The third-order valence-corrected chi connectivity index (χ3v) is 3.46. The first-order valence-electron chi connectivity index (χ1n) is 6.51. The Hall–Kier alpha value is -1.74. The second-order valence-corrected chi connectivity index (χ2v) is 5.47. The Labute approximate surface area is 128 Å². The number of halogens is 1.